The molecule has 1 aromatic carbocycles. The molecule has 1 spiro atoms. The van der Waals surface area contributed by atoms with Gasteiger partial charge in [-0.15, -0.1) is 0 Å². The first-order valence-electron chi connectivity index (χ1n) is 10.2. The van der Waals surface area contributed by atoms with Crippen LogP contribution in [0.25, 0.3) is 0 Å². The van der Waals surface area contributed by atoms with Crippen LogP contribution in [-0.2, 0) is 28.7 Å². The van der Waals surface area contributed by atoms with Crippen LogP contribution in [0.5, 0.6) is 5.75 Å². The SMILES string of the molecule is CCCc1ccc(C)c(CN2CC3(CCOCC3)Oc3ccc(F)cc3S2=O)n1. The van der Waals surface area contributed by atoms with E-state index in [1.807, 2.05) is 11.2 Å². The third-order valence-corrected chi connectivity index (χ3v) is 7.04. The van der Waals surface area contributed by atoms with Gasteiger partial charge in [-0.3, -0.25) is 4.98 Å². The fourth-order valence-electron chi connectivity index (χ4n) is 3.94. The quantitative estimate of drug-likeness (QED) is 0.755. The standard InChI is InChI=1S/C22H27FN2O3S/c1-3-4-18-7-5-16(2)19(24-18)14-25-15-22(9-11-27-12-10-22)28-20-8-6-17(23)13-21(20)29(25)26/h5-8,13H,3-4,9-12,14-15H2,1-2H3. The van der Waals surface area contributed by atoms with Gasteiger partial charge in [-0.1, -0.05) is 19.4 Å². The lowest BCUT2D eigenvalue weighted by molar-refractivity contribution is -0.0531. The van der Waals surface area contributed by atoms with Gasteiger partial charge in [-0.2, -0.15) is 0 Å². The third kappa shape index (κ3) is 4.37. The number of benzene rings is 1. The van der Waals surface area contributed by atoms with E-state index in [2.05, 4.69) is 19.1 Å². The summed E-state index contributed by atoms with van der Waals surface area (Å²) in [7, 11) is -1.54. The average molecular weight is 419 g/mol. The highest BCUT2D eigenvalue weighted by Crippen LogP contribution is 2.38. The summed E-state index contributed by atoms with van der Waals surface area (Å²) in [6.07, 6.45) is 3.35. The summed E-state index contributed by atoms with van der Waals surface area (Å²) < 4.78 is 41.2. The summed E-state index contributed by atoms with van der Waals surface area (Å²) >= 11 is 0. The maximum Gasteiger partial charge on any atom is 0.137 e. The molecule has 3 heterocycles. The average Bonchev–Trinajstić information content (AvgIpc) is 2.81. The van der Waals surface area contributed by atoms with Gasteiger partial charge < -0.3 is 9.47 Å². The first-order valence-corrected chi connectivity index (χ1v) is 11.3. The largest absolute Gasteiger partial charge is 0.484 e. The molecule has 29 heavy (non-hydrogen) atoms. The van der Waals surface area contributed by atoms with Crippen LogP contribution in [0.15, 0.2) is 35.2 Å². The van der Waals surface area contributed by atoms with Crippen molar-refractivity contribution in [3.05, 3.63) is 53.1 Å². The lowest BCUT2D eigenvalue weighted by Gasteiger charge is -2.38. The first kappa shape index (κ1) is 20.4. The highest BCUT2D eigenvalue weighted by molar-refractivity contribution is 7.82. The summed E-state index contributed by atoms with van der Waals surface area (Å²) in [5.74, 6) is 0.0846. The van der Waals surface area contributed by atoms with Gasteiger partial charge in [0.15, 0.2) is 0 Å². The smallest absolute Gasteiger partial charge is 0.137 e. The molecule has 0 N–H and O–H groups in total. The molecule has 2 aliphatic rings. The van der Waals surface area contributed by atoms with Gasteiger partial charge >= 0.3 is 0 Å². The molecule has 0 bridgehead atoms. The third-order valence-electron chi connectivity index (χ3n) is 5.62. The molecule has 2 aromatic rings. The zero-order valence-electron chi connectivity index (χ0n) is 16.9. The van der Waals surface area contributed by atoms with Crippen molar-refractivity contribution in [2.45, 2.75) is 56.6 Å². The lowest BCUT2D eigenvalue weighted by Crippen LogP contribution is -2.49. The summed E-state index contributed by atoms with van der Waals surface area (Å²) in [6.45, 7) is 6.26. The first-order chi connectivity index (χ1) is 14.0. The number of aromatic nitrogens is 1. The Bertz CT molecular complexity index is 915. The zero-order chi connectivity index (χ0) is 20.4. The molecule has 2 aliphatic heterocycles. The van der Waals surface area contributed by atoms with Gasteiger partial charge in [-0.05, 0) is 43.2 Å². The van der Waals surface area contributed by atoms with Crippen LogP contribution in [0.2, 0.25) is 0 Å². The molecular formula is C22H27FN2O3S. The molecule has 0 saturated carbocycles. The maximum atomic E-state index is 13.9. The second-order valence-corrected chi connectivity index (χ2v) is 9.31. The van der Waals surface area contributed by atoms with Crippen molar-refractivity contribution in [1.82, 2.24) is 9.29 Å². The minimum atomic E-state index is -1.54. The van der Waals surface area contributed by atoms with E-state index in [0.29, 0.717) is 49.8 Å². The Morgan fingerprint density at radius 1 is 1.24 bits per heavy atom. The molecule has 0 amide bonds. The van der Waals surface area contributed by atoms with E-state index in [1.54, 1.807) is 6.07 Å². The predicted molar refractivity (Wildman–Crippen MR) is 110 cm³/mol. The Labute approximate surface area is 173 Å². The van der Waals surface area contributed by atoms with E-state index in [0.717, 1.165) is 29.8 Å². The van der Waals surface area contributed by atoms with Gasteiger partial charge in [-0.25, -0.2) is 12.9 Å². The topological polar surface area (TPSA) is 51.7 Å². The summed E-state index contributed by atoms with van der Waals surface area (Å²) in [5, 5.41) is 0. The molecule has 0 aliphatic carbocycles. The zero-order valence-corrected chi connectivity index (χ0v) is 17.8. The number of nitrogens with zero attached hydrogens (tertiary/aromatic N) is 2. The predicted octanol–water partition coefficient (Wildman–Crippen LogP) is 3.95. The summed E-state index contributed by atoms with van der Waals surface area (Å²) in [5.41, 5.74) is 2.52. The van der Waals surface area contributed by atoms with Gasteiger partial charge in [0, 0.05) is 18.5 Å². The van der Waals surface area contributed by atoms with Gasteiger partial charge in [0.1, 0.15) is 28.2 Å². The van der Waals surface area contributed by atoms with Crippen molar-refractivity contribution < 1.29 is 18.1 Å². The molecule has 7 heteroatoms. The Hall–Kier alpha value is -1.83. The normalized spacial score (nSPS) is 21.4. The van der Waals surface area contributed by atoms with E-state index in [9.17, 15) is 8.60 Å². The van der Waals surface area contributed by atoms with Crippen LogP contribution in [0, 0.1) is 12.7 Å². The summed E-state index contributed by atoms with van der Waals surface area (Å²) in [6, 6.07) is 8.40. The summed E-state index contributed by atoms with van der Waals surface area (Å²) in [4.78, 5) is 5.20. The van der Waals surface area contributed by atoms with Crippen LogP contribution in [0.3, 0.4) is 0 Å². The Kier molecular flexibility index (Phi) is 5.99. The second-order valence-electron chi connectivity index (χ2n) is 7.85. The Balaban J connectivity index is 1.71. The number of halogens is 1. The van der Waals surface area contributed by atoms with Crippen LogP contribution >= 0.6 is 0 Å². The molecule has 1 fully saturated rings. The van der Waals surface area contributed by atoms with E-state index in [4.69, 9.17) is 14.5 Å². The molecule has 4 rings (SSSR count). The van der Waals surface area contributed by atoms with E-state index in [-0.39, 0.29) is 0 Å². The van der Waals surface area contributed by atoms with Crippen LogP contribution in [-0.4, -0.2) is 38.9 Å². The molecule has 1 aromatic heterocycles. The number of fused-ring (bicyclic) bond motifs is 1. The van der Waals surface area contributed by atoms with Crippen molar-refractivity contribution in [3.63, 3.8) is 0 Å². The van der Waals surface area contributed by atoms with E-state index < -0.39 is 22.4 Å². The highest BCUT2D eigenvalue weighted by atomic mass is 32.2. The van der Waals surface area contributed by atoms with Gasteiger partial charge in [0.05, 0.1) is 36.9 Å². The highest BCUT2D eigenvalue weighted by Gasteiger charge is 2.42. The van der Waals surface area contributed by atoms with Crippen molar-refractivity contribution >= 4 is 11.0 Å². The Morgan fingerprint density at radius 3 is 2.79 bits per heavy atom. The maximum absolute atomic E-state index is 13.9. The molecule has 0 radical (unpaired) electrons. The lowest BCUT2D eigenvalue weighted by atomic mass is 9.93. The van der Waals surface area contributed by atoms with Gasteiger partial charge in [0.2, 0.25) is 0 Å². The minimum absolute atomic E-state index is 0.385. The molecule has 1 unspecified atom stereocenters. The van der Waals surface area contributed by atoms with Crippen LogP contribution in [0.4, 0.5) is 4.39 Å². The van der Waals surface area contributed by atoms with Gasteiger partial charge in [0.25, 0.3) is 0 Å². The number of ether oxygens (including phenoxy) is 2. The van der Waals surface area contributed by atoms with Crippen LogP contribution in [0.1, 0.15) is 43.1 Å². The molecule has 1 saturated heterocycles. The fraction of sp³-hybridized carbons (Fsp3) is 0.500. The molecule has 1 atom stereocenters. The minimum Gasteiger partial charge on any atom is -0.484 e. The fourth-order valence-corrected chi connectivity index (χ4v) is 5.31. The second kappa shape index (κ2) is 8.50. The van der Waals surface area contributed by atoms with Crippen molar-refractivity contribution in [2.24, 2.45) is 0 Å². The number of pyridine rings is 1. The Morgan fingerprint density at radius 2 is 2.03 bits per heavy atom. The number of hydrogen-bond acceptors (Lipinski definition) is 4. The molecular weight excluding hydrogens is 391 g/mol. The number of aryl methyl sites for hydroxylation is 2. The van der Waals surface area contributed by atoms with Crippen molar-refractivity contribution in [1.29, 1.82) is 0 Å². The van der Waals surface area contributed by atoms with Crippen molar-refractivity contribution in [2.75, 3.05) is 19.8 Å². The number of hydrogen-bond donors (Lipinski definition) is 0. The molecule has 5 nitrogen and oxygen atoms in total. The number of rotatable bonds is 4. The van der Waals surface area contributed by atoms with E-state index in [1.165, 1.54) is 12.1 Å². The monoisotopic (exact) mass is 418 g/mol. The molecule has 156 valence electrons. The van der Waals surface area contributed by atoms with Crippen molar-refractivity contribution in [3.8, 4) is 5.75 Å². The van der Waals surface area contributed by atoms with Crippen LogP contribution < -0.4 is 4.74 Å². The van der Waals surface area contributed by atoms with E-state index >= 15 is 0 Å².